The van der Waals surface area contributed by atoms with Gasteiger partial charge in [-0.05, 0) is 61.0 Å². The van der Waals surface area contributed by atoms with Crippen molar-refractivity contribution in [2.45, 2.75) is 13.0 Å². The molecule has 0 aromatic heterocycles. The molecule has 7 heteroatoms. The van der Waals surface area contributed by atoms with Crippen LogP contribution >= 0.6 is 15.9 Å². The fraction of sp³-hybridized carbons (Fsp3) is 0.185. The molecule has 1 fully saturated rings. The number of hydrogen-bond donors (Lipinski definition) is 1. The molecule has 4 rings (SSSR count). The molecule has 1 aliphatic heterocycles. The minimum absolute atomic E-state index is 0.0545. The van der Waals surface area contributed by atoms with E-state index in [1.165, 1.54) is 4.90 Å². The number of ether oxygens (including phenoxy) is 1. The number of hydrogen-bond acceptors (Lipinski definition) is 5. The van der Waals surface area contributed by atoms with E-state index < -0.39 is 17.7 Å². The lowest BCUT2D eigenvalue weighted by Gasteiger charge is -2.26. The van der Waals surface area contributed by atoms with Crippen LogP contribution in [0.1, 0.15) is 24.1 Å². The molecule has 1 aliphatic rings. The molecule has 1 unspecified atom stereocenters. The summed E-state index contributed by atoms with van der Waals surface area (Å²) in [5.41, 5.74) is 2.76. The van der Waals surface area contributed by atoms with Gasteiger partial charge in [-0.15, -0.1) is 0 Å². The first-order chi connectivity index (χ1) is 16.3. The van der Waals surface area contributed by atoms with Crippen LogP contribution in [0.5, 0.6) is 5.75 Å². The summed E-state index contributed by atoms with van der Waals surface area (Å²) in [6, 6.07) is 20.8. The maximum Gasteiger partial charge on any atom is 0.300 e. The van der Waals surface area contributed by atoms with Crippen molar-refractivity contribution in [3.8, 4) is 5.75 Å². The Morgan fingerprint density at radius 3 is 2.15 bits per heavy atom. The lowest BCUT2D eigenvalue weighted by atomic mass is 9.95. The monoisotopic (exact) mass is 520 g/mol. The van der Waals surface area contributed by atoms with E-state index in [1.807, 2.05) is 50.2 Å². The van der Waals surface area contributed by atoms with Crippen molar-refractivity contribution >= 4 is 44.8 Å². The number of aliphatic hydroxyl groups is 1. The molecule has 0 spiro atoms. The smallest absolute Gasteiger partial charge is 0.300 e. The lowest BCUT2D eigenvalue weighted by Crippen LogP contribution is -2.29. The van der Waals surface area contributed by atoms with Crippen molar-refractivity contribution in [1.29, 1.82) is 0 Å². The number of halogens is 1. The van der Waals surface area contributed by atoms with Crippen molar-refractivity contribution in [3.05, 3.63) is 94.0 Å². The molecular weight excluding hydrogens is 496 g/mol. The molecule has 6 nitrogen and oxygen atoms in total. The van der Waals surface area contributed by atoms with E-state index in [0.717, 1.165) is 15.7 Å². The Kier molecular flexibility index (Phi) is 6.75. The van der Waals surface area contributed by atoms with Crippen molar-refractivity contribution in [3.63, 3.8) is 0 Å². The molecule has 1 heterocycles. The van der Waals surface area contributed by atoms with Gasteiger partial charge in [0.15, 0.2) is 0 Å². The maximum absolute atomic E-state index is 13.3. The first-order valence-electron chi connectivity index (χ1n) is 10.9. The molecule has 0 bridgehead atoms. The molecule has 1 amide bonds. The quantitative estimate of drug-likeness (QED) is 0.262. The zero-order valence-electron chi connectivity index (χ0n) is 19.2. The normalized spacial score (nSPS) is 17.2. The van der Waals surface area contributed by atoms with E-state index in [4.69, 9.17) is 4.74 Å². The summed E-state index contributed by atoms with van der Waals surface area (Å²) < 4.78 is 6.36. The fourth-order valence-corrected chi connectivity index (χ4v) is 4.27. The first-order valence-corrected chi connectivity index (χ1v) is 11.7. The van der Waals surface area contributed by atoms with Gasteiger partial charge in [0, 0.05) is 35.5 Å². The van der Waals surface area contributed by atoms with Crippen molar-refractivity contribution in [1.82, 2.24) is 0 Å². The molecule has 0 saturated carbocycles. The molecule has 34 heavy (non-hydrogen) atoms. The van der Waals surface area contributed by atoms with Gasteiger partial charge in [-0.25, -0.2) is 0 Å². The number of carbonyl (C=O) groups excluding carboxylic acids is 2. The average Bonchev–Trinajstić information content (AvgIpc) is 3.10. The molecule has 0 radical (unpaired) electrons. The third kappa shape index (κ3) is 4.43. The van der Waals surface area contributed by atoms with Gasteiger partial charge in [0.1, 0.15) is 11.5 Å². The lowest BCUT2D eigenvalue weighted by molar-refractivity contribution is -0.132. The van der Waals surface area contributed by atoms with Gasteiger partial charge in [0.05, 0.1) is 18.2 Å². The molecule has 0 aliphatic carbocycles. The molecule has 1 atom stereocenters. The number of Topliss-reactive ketones (excluding diaryl/α,β-unsaturated/α-hetero) is 1. The second-order valence-electron chi connectivity index (χ2n) is 8.09. The van der Waals surface area contributed by atoms with Gasteiger partial charge in [-0.1, -0.05) is 40.2 Å². The number of carbonyl (C=O) groups is 2. The van der Waals surface area contributed by atoms with Crippen molar-refractivity contribution in [2.24, 2.45) is 0 Å². The van der Waals surface area contributed by atoms with Crippen molar-refractivity contribution in [2.75, 3.05) is 30.5 Å². The summed E-state index contributed by atoms with van der Waals surface area (Å²) in [6.45, 7) is 2.42. The molecule has 174 valence electrons. The van der Waals surface area contributed by atoms with Gasteiger partial charge in [0.25, 0.3) is 11.7 Å². The number of anilines is 2. The molecule has 3 aromatic carbocycles. The Morgan fingerprint density at radius 2 is 1.59 bits per heavy atom. The Morgan fingerprint density at radius 1 is 0.971 bits per heavy atom. The van der Waals surface area contributed by atoms with Crippen LogP contribution in [-0.2, 0) is 9.59 Å². The zero-order valence-corrected chi connectivity index (χ0v) is 20.7. The predicted molar refractivity (Wildman–Crippen MR) is 137 cm³/mol. The predicted octanol–water partition coefficient (Wildman–Crippen LogP) is 5.54. The molecule has 1 N–H and O–H groups in total. The summed E-state index contributed by atoms with van der Waals surface area (Å²) in [6.07, 6.45) is 0. The summed E-state index contributed by atoms with van der Waals surface area (Å²) >= 11 is 3.38. The minimum Gasteiger partial charge on any atom is -0.507 e. The van der Waals surface area contributed by atoms with Crippen LogP contribution in [0.15, 0.2) is 82.8 Å². The second-order valence-corrected chi connectivity index (χ2v) is 9.00. The van der Waals surface area contributed by atoms with E-state index in [2.05, 4.69) is 15.9 Å². The summed E-state index contributed by atoms with van der Waals surface area (Å²) in [5.74, 6) is -0.953. The van der Waals surface area contributed by atoms with Gasteiger partial charge in [0.2, 0.25) is 0 Å². The number of benzene rings is 3. The number of ketones is 1. The molecular formula is C27H25BrN2O4. The Labute approximate surface area is 207 Å². The maximum atomic E-state index is 13.3. The van der Waals surface area contributed by atoms with E-state index in [0.29, 0.717) is 23.6 Å². The summed E-state index contributed by atoms with van der Waals surface area (Å²) in [4.78, 5) is 29.9. The van der Waals surface area contributed by atoms with Gasteiger partial charge >= 0.3 is 0 Å². The summed E-state index contributed by atoms with van der Waals surface area (Å²) in [5, 5.41) is 11.2. The summed E-state index contributed by atoms with van der Waals surface area (Å²) in [7, 11) is 3.88. The van der Waals surface area contributed by atoms with Crippen LogP contribution in [0, 0.1) is 0 Å². The Bertz CT molecular complexity index is 1230. The highest BCUT2D eigenvalue weighted by Gasteiger charge is 2.47. The van der Waals surface area contributed by atoms with E-state index >= 15 is 0 Å². The third-order valence-corrected chi connectivity index (χ3v) is 6.24. The SMILES string of the molecule is CCOc1ccc(N2C(=O)C(=O)/C(=C(\O)c3ccc(Br)cc3)C2c2ccc(N(C)C)cc2)cc1. The second kappa shape index (κ2) is 9.73. The number of aliphatic hydroxyl groups excluding tert-OH is 1. The Hall–Kier alpha value is -3.58. The third-order valence-electron chi connectivity index (χ3n) is 5.71. The minimum atomic E-state index is -0.780. The van der Waals surface area contributed by atoms with Crippen LogP contribution < -0.4 is 14.5 Å². The van der Waals surface area contributed by atoms with Crippen LogP contribution in [0.3, 0.4) is 0 Å². The highest BCUT2D eigenvalue weighted by Crippen LogP contribution is 2.42. The van der Waals surface area contributed by atoms with Gasteiger partial charge in [-0.3, -0.25) is 14.5 Å². The molecule has 3 aromatic rings. The number of rotatable bonds is 6. The fourth-order valence-electron chi connectivity index (χ4n) is 4.00. The topological polar surface area (TPSA) is 70.1 Å². The van der Waals surface area contributed by atoms with Crippen molar-refractivity contribution < 1.29 is 19.4 Å². The average molecular weight is 521 g/mol. The van der Waals surface area contributed by atoms with Crippen LogP contribution in [0.25, 0.3) is 5.76 Å². The highest BCUT2D eigenvalue weighted by molar-refractivity contribution is 9.10. The zero-order chi connectivity index (χ0) is 24.4. The molecule has 1 saturated heterocycles. The van der Waals surface area contributed by atoms with Crippen LogP contribution in [0.4, 0.5) is 11.4 Å². The van der Waals surface area contributed by atoms with Gasteiger partial charge < -0.3 is 14.7 Å². The number of amides is 1. The highest BCUT2D eigenvalue weighted by atomic mass is 79.9. The first kappa shape index (κ1) is 23.6. The Balaban J connectivity index is 1.87. The standard InChI is InChI=1S/C27H25BrN2O4/c1-4-34-22-15-13-21(14-16-22)30-24(17-7-11-20(12-8-17)29(2)3)23(26(32)27(30)33)25(31)18-5-9-19(28)10-6-18/h5-16,24,31H,4H2,1-3H3/b25-23-. The largest absolute Gasteiger partial charge is 0.507 e. The van der Waals surface area contributed by atoms with E-state index in [1.54, 1.807) is 48.5 Å². The van der Waals surface area contributed by atoms with Gasteiger partial charge in [-0.2, -0.15) is 0 Å². The van der Waals surface area contributed by atoms with Crippen LogP contribution in [0.2, 0.25) is 0 Å². The van der Waals surface area contributed by atoms with Crippen LogP contribution in [-0.4, -0.2) is 37.5 Å². The number of nitrogens with zero attached hydrogens (tertiary/aromatic N) is 2. The van der Waals surface area contributed by atoms with E-state index in [-0.39, 0.29) is 11.3 Å². The van der Waals surface area contributed by atoms with E-state index in [9.17, 15) is 14.7 Å².